The number of ether oxygens (including phenoxy) is 4. The highest BCUT2D eigenvalue weighted by molar-refractivity contribution is 5.99. The fourth-order valence-electron chi connectivity index (χ4n) is 2.11. The highest BCUT2D eigenvalue weighted by atomic mass is 16.5. The van der Waals surface area contributed by atoms with Crippen LogP contribution in [0.4, 0.5) is 0 Å². The molecule has 0 aliphatic carbocycles. The SMILES string of the molecule is COc1ccc(C(=O)Oc2cc(OC)c(OC)cc2C(C)=O)cc1. The van der Waals surface area contributed by atoms with Crippen LogP contribution in [0.2, 0.25) is 0 Å². The van der Waals surface area contributed by atoms with Crippen molar-refractivity contribution in [3.8, 4) is 23.0 Å². The van der Waals surface area contributed by atoms with Gasteiger partial charge in [0.05, 0.1) is 32.5 Å². The second-order valence-electron chi connectivity index (χ2n) is 4.88. The minimum atomic E-state index is -0.590. The number of carbonyl (C=O) groups excluding carboxylic acids is 2. The molecular formula is C18H18O6. The number of hydrogen-bond donors (Lipinski definition) is 0. The summed E-state index contributed by atoms with van der Waals surface area (Å²) in [6.45, 7) is 1.38. The molecule has 0 bridgehead atoms. The first-order chi connectivity index (χ1) is 11.5. The second kappa shape index (κ2) is 7.50. The lowest BCUT2D eigenvalue weighted by molar-refractivity contribution is 0.0732. The summed E-state index contributed by atoms with van der Waals surface area (Å²) in [7, 11) is 4.46. The summed E-state index contributed by atoms with van der Waals surface area (Å²) in [5.74, 6) is 0.635. The number of carbonyl (C=O) groups is 2. The van der Waals surface area contributed by atoms with Gasteiger partial charge >= 0.3 is 5.97 Å². The van der Waals surface area contributed by atoms with Crippen molar-refractivity contribution in [3.05, 3.63) is 47.5 Å². The van der Waals surface area contributed by atoms with Crippen molar-refractivity contribution >= 4 is 11.8 Å². The zero-order valence-corrected chi connectivity index (χ0v) is 13.9. The van der Waals surface area contributed by atoms with Crippen molar-refractivity contribution in [2.24, 2.45) is 0 Å². The summed E-state index contributed by atoms with van der Waals surface area (Å²) in [4.78, 5) is 24.1. The largest absolute Gasteiger partial charge is 0.497 e. The molecule has 0 unspecified atom stereocenters. The van der Waals surface area contributed by atoms with Gasteiger partial charge in [-0.2, -0.15) is 0 Å². The summed E-state index contributed by atoms with van der Waals surface area (Å²) in [6, 6.07) is 9.40. The number of Topliss-reactive ketones (excluding diaryl/α,β-unsaturated/α-hetero) is 1. The van der Waals surface area contributed by atoms with Crippen LogP contribution in [0.5, 0.6) is 23.0 Å². The van der Waals surface area contributed by atoms with E-state index in [0.29, 0.717) is 22.8 Å². The summed E-state index contributed by atoms with van der Waals surface area (Å²) in [6.07, 6.45) is 0. The molecule has 0 aromatic heterocycles. The van der Waals surface area contributed by atoms with Gasteiger partial charge in [-0.05, 0) is 37.3 Å². The molecular weight excluding hydrogens is 312 g/mol. The summed E-state index contributed by atoms with van der Waals surface area (Å²) in [5.41, 5.74) is 0.564. The van der Waals surface area contributed by atoms with Gasteiger partial charge in [-0.3, -0.25) is 4.79 Å². The lowest BCUT2D eigenvalue weighted by atomic mass is 10.1. The molecule has 0 heterocycles. The van der Waals surface area contributed by atoms with E-state index in [2.05, 4.69) is 0 Å². The van der Waals surface area contributed by atoms with Crippen LogP contribution in [-0.4, -0.2) is 33.1 Å². The van der Waals surface area contributed by atoms with Crippen LogP contribution < -0.4 is 18.9 Å². The van der Waals surface area contributed by atoms with Crippen LogP contribution in [0.3, 0.4) is 0 Å². The monoisotopic (exact) mass is 330 g/mol. The topological polar surface area (TPSA) is 71.1 Å². The predicted octanol–water partition coefficient (Wildman–Crippen LogP) is 3.13. The number of ketones is 1. The first-order valence-corrected chi connectivity index (χ1v) is 7.13. The van der Waals surface area contributed by atoms with Crippen molar-refractivity contribution < 1.29 is 28.5 Å². The number of rotatable bonds is 6. The van der Waals surface area contributed by atoms with Gasteiger partial charge in [0.15, 0.2) is 17.3 Å². The molecule has 0 saturated carbocycles. The predicted molar refractivity (Wildman–Crippen MR) is 87.5 cm³/mol. The van der Waals surface area contributed by atoms with Crippen LogP contribution in [0.1, 0.15) is 27.6 Å². The molecule has 0 amide bonds. The normalized spacial score (nSPS) is 10.0. The van der Waals surface area contributed by atoms with E-state index >= 15 is 0 Å². The van der Waals surface area contributed by atoms with Crippen LogP contribution in [0.15, 0.2) is 36.4 Å². The van der Waals surface area contributed by atoms with Gasteiger partial charge in [0, 0.05) is 6.07 Å². The molecule has 2 rings (SSSR count). The number of methoxy groups -OCH3 is 3. The molecule has 2 aromatic carbocycles. The second-order valence-corrected chi connectivity index (χ2v) is 4.88. The third-order valence-electron chi connectivity index (χ3n) is 3.39. The quantitative estimate of drug-likeness (QED) is 0.460. The zero-order valence-electron chi connectivity index (χ0n) is 13.9. The summed E-state index contributed by atoms with van der Waals surface area (Å²) >= 11 is 0. The molecule has 0 aliphatic rings. The molecule has 126 valence electrons. The minimum absolute atomic E-state index is 0.112. The molecule has 6 heteroatoms. The van der Waals surface area contributed by atoms with E-state index in [1.165, 1.54) is 40.4 Å². The van der Waals surface area contributed by atoms with Crippen molar-refractivity contribution in [1.82, 2.24) is 0 Å². The maximum atomic E-state index is 12.3. The Morgan fingerprint density at radius 1 is 0.792 bits per heavy atom. The lowest BCUT2D eigenvalue weighted by Gasteiger charge is -2.13. The Labute approximate surface area is 139 Å². The van der Waals surface area contributed by atoms with Crippen molar-refractivity contribution in [2.75, 3.05) is 21.3 Å². The fourth-order valence-corrected chi connectivity index (χ4v) is 2.11. The van der Waals surface area contributed by atoms with E-state index in [1.807, 2.05) is 0 Å². The minimum Gasteiger partial charge on any atom is -0.497 e. The third kappa shape index (κ3) is 3.65. The average molecular weight is 330 g/mol. The standard InChI is InChI=1S/C18H18O6/c1-11(19)14-9-16(22-3)17(23-4)10-15(14)24-18(20)12-5-7-13(21-2)8-6-12/h5-10H,1-4H3. The molecule has 24 heavy (non-hydrogen) atoms. The molecule has 0 atom stereocenters. The third-order valence-corrected chi connectivity index (χ3v) is 3.39. The fraction of sp³-hybridized carbons (Fsp3) is 0.222. The Hall–Kier alpha value is -3.02. The van der Waals surface area contributed by atoms with Crippen LogP contribution >= 0.6 is 0 Å². The Balaban J connectivity index is 2.36. The van der Waals surface area contributed by atoms with E-state index in [0.717, 1.165) is 0 Å². The first-order valence-electron chi connectivity index (χ1n) is 7.13. The zero-order chi connectivity index (χ0) is 17.7. The summed E-state index contributed by atoms with van der Waals surface area (Å²) < 4.78 is 20.8. The van der Waals surface area contributed by atoms with E-state index in [-0.39, 0.29) is 17.1 Å². The molecule has 0 spiro atoms. The molecule has 2 aromatic rings. The Morgan fingerprint density at radius 2 is 1.38 bits per heavy atom. The van der Waals surface area contributed by atoms with Crippen molar-refractivity contribution in [1.29, 1.82) is 0 Å². The average Bonchev–Trinajstić information content (AvgIpc) is 2.61. The molecule has 0 fully saturated rings. The maximum absolute atomic E-state index is 12.3. The van der Waals surface area contributed by atoms with Gasteiger partial charge in [0.1, 0.15) is 11.5 Å². The Morgan fingerprint density at radius 3 is 1.88 bits per heavy atom. The van der Waals surface area contributed by atoms with Gasteiger partial charge in [0.2, 0.25) is 0 Å². The van der Waals surface area contributed by atoms with Crippen LogP contribution in [0, 0.1) is 0 Å². The van der Waals surface area contributed by atoms with Crippen LogP contribution in [0.25, 0.3) is 0 Å². The maximum Gasteiger partial charge on any atom is 0.343 e. The first kappa shape index (κ1) is 17.3. The van der Waals surface area contributed by atoms with E-state index < -0.39 is 5.97 Å². The molecule has 0 N–H and O–H groups in total. The van der Waals surface area contributed by atoms with Crippen molar-refractivity contribution in [2.45, 2.75) is 6.92 Å². The smallest absolute Gasteiger partial charge is 0.343 e. The molecule has 0 saturated heterocycles. The van der Waals surface area contributed by atoms with Crippen molar-refractivity contribution in [3.63, 3.8) is 0 Å². The highest BCUT2D eigenvalue weighted by Gasteiger charge is 2.18. The molecule has 0 radical (unpaired) electrons. The number of hydrogen-bond acceptors (Lipinski definition) is 6. The van der Waals surface area contributed by atoms with Gasteiger partial charge < -0.3 is 18.9 Å². The van der Waals surface area contributed by atoms with Gasteiger partial charge in [-0.15, -0.1) is 0 Å². The number of esters is 1. The Kier molecular flexibility index (Phi) is 5.42. The van der Waals surface area contributed by atoms with E-state index in [1.54, 1.807) is 24.3 Å². The van der Waals surface area contributed by atoms with E-state index in [9.17, 15) is 9.59 Å². The van der Waals surface area contributed by atoms with Crippen LogP contribution in [-0.2, 0) is 0 Å². The molecule has 6 nitrogen and oxygen atoms in total. The highest BCUT2D eigenvalue weighted by Crippen LogP contribution is 2.35. The van der Waals surface area contributed by atoms with Gasteiger partial charge in [-0.25, -0.2) is 4.79 Å². The Bertz CT molecular complexity index is 749. The van der Waals surface area contributed by atoms with Gasteiger partial charge in [-0.1, -0.05) is 0 Å². The van der Waals surface area contributed by atoms with E-state index in [4.69, 9.17) is 18.9 Å². The summed E-state index contributed by atoms with van der Waals surface area (Å²) in [5, 5.41) is 0. The lowest BCUT2D eigenvalue weighted by Crippen LogP contribution is -2.11. The van der Waals surface area contributed by atoms with Gasteiger partial charge in [0.25, 0.3) is 0 Å². The molecule has 0 aliphatic heterocycles. The number of benzene rings is 2.